The molecule has 148 valence electrons. The molecule has 1 saturated carbocycles. The van der Waals surface area contributed by atoms with Crippen molar-refractivity contribution >= 4 is 35.8 Å². The first kappa shape index (κ1) is 20.4. The van der Waals surface area contributed by atoms with Crippen molar-refractivity contribution in [3.8, 4) is 0 Å². The molecule has 3 aliphatic rings. The molecule has 2 aliphatic heterocycles. The predicted octanol–water partition coefficient (Wildman–Crippen LogP) is 2.89. The first-order valence-electron chi connectivity index (χ1n) is 10.0. The van der Waals surface area contributed by atoms with Crippen LogP contribution in [0.1, 0.15) is 36.8 Å². The van der Waals surface area contributed by atoms with E-state index in [9.17, 15) is 4.79 Å². The lowest BCUT2D eigenvalue weighted by Crippen LogP contribution is -2.47. The molecule has 1 aromatic carbocycles. The molecule has 4 rings (SSSR count). The van der Waals surface area contributed by atoms with E-state index in [0.29, 0.717) is 6.54 Å². The van der Waals surface area contributed by atoms with E-state index in [0.717, 1.165) is 50.4 Å². The van der Waals surface area contributed by atoms with Crippen LogP contribution in [0.3, 0.4) is 0 Å². The summed E-state index contributed by atoms with van der Waals surface area (Å²) in [4.78, 5) is 21.5. The summed E-state index contributed by atoms with van der Waals surface area (Å²) in [5.74, 6) is 2.69. The third-order valence-electron chi connectivity index (χ3n) is 6.37. The molecule has 1 aliphatic carbocycles. The summed E-state index contributed by atoms with van der Waals surface area (Å²) in [6.07, 6.45) is 6.40. The van der Waals surface area contributed by atoms with Gasteiger partial charge in [-0.05, 0) is 42.2 Å². The average Bonchev–Trinajstić information content (AvgIpc) is 3.12. The minimum absolute atomic E-state index is 0. The van der Waals surface area contributed by atoms with Gasteiger partial charge < -0.3 is 15.1 Å². The highest BCUT2D eigenvalue weighted by Crippen LogP contribution is 2.35. The van der Waals surface area contributed by atoms with Crippen molar-refractivity contribution in [1.82, 2.24) is 15.1 Å². The van der Waals surface area contributed by atoms with Gasteiger partial charge in [0, 0.05) is 33.2 Å². The molecule has 0 aromatic heterocycles. The standard InChI is InChI=1S/C21H30N4O.HI/c1-22-21(25-14-18-8-4-5-9-19(18)15-25)23-12-20(26)24-11-10-16-6-2-3-7-17(16)13-24;/h2-3,6-7,18-19H,4-5,8-15H2,1H3,(H,22,23);1H. The number of halogens is 1. The lowest BCUT2D eigenvalue weighted by molar-refractivity contribution is -0.130. The second-order valence-corrected chi connectivity index (χ2v) is 7.94. The maximum Gasteiger partial charge on any atom is 0.242 e. The number of amides is 1. The van der Waals surface area contributed by atoms with Gasteiger partial charge in [0.2, 0.25) is 5.91 Å². The average molecular weight is 482 g/mol. The Bertz CT molecular complexity index is 679. The molecule has 1 aromatic rings. The van der Waals surface area contributed by atoms with E-state index in [4.69, 9.17) is 0 Å². The van der Waals surface area contributed by atoms with Crippen LogP contribution in [-0.2, 0) is 17.8 Å². The number of carbonyl (C=O) groups is 1. The topological polar surface area (TPSA) is 47.9 Å². The zero-order valence-corrected chi connectivity index (χ0v) is 18.5. The molecular weight excluding hydrogens is 451 g/mol. The number of carbonyl (C=O) groups excluding carboxylic acids is 1. The summed E-state index contributed by atoms with van der Waals surface area (Å²) in [6, 6.07) is 8.44. The van der Waals surface area contributed by atoms with Gasteiger partial charge in [-0.25, -0.2) is 0 Å². The quantitative estimate of drug-likeness (QED) is 0.401. The lowest BCUT2D eigenvalue weighted by atomic mass is 9.82. The van der Waals surface area contributed by atoms with Crippen LogP contribution in [0.2, 0.25) is 0 Å². The Balaban J connectivity index is 0.00000210. The number of hydrogen-bond acceptors (Lipinski definition) is 2. The smallest absolute Gasteiger partial charge is 0.242 e. The van der Waals surface area contributed by atoms with Crippen molar-refractivity contribution in [2.75, 3.05) is 33.2 Å². The highest BCUT2D eigenvalue weighted by Gasteiger charge is 2.35. The van der Waals surface area contributed by atoms with Gasteiger partial charge >= 0.3 is 0 Å². The van der Waals surface area contributed by atoms with Gasteiger partial charge in [0.1, 0.15) is 0 Å². The number of benzene rings is 1. The molecule has 2 heterocycles. The van der Waals surface area contributed by atoms with Crippen LogP contribution >= 0.6 is 24.0 Å². The number of guanidine groups is 1. The van der Waals surface area contributed by atoms with Gasteiger partial charge in [0.05, 0.1) is 6.54 Å². The third kappa shape index (κ3) is 4.58. The van der Waals surface area contributed by atoms with Crippen LogP contribution in [0.25, 0.3) is 0 Å². The molecular formula is C21H31IN4O. The highest BCUT2D eigenvalue weighted by atomic mass is 127. The predicted molar refractivity (Wildman–Crippen MR) is 119 cm³/mol. The Morgan fingerprint density at radius 1 is 1.11 bits per heavy atom. The molecule has 1 N–H and O–H groups in total. The fourth-order valence-electron chi connectivity index (χ4n) is 4.89. The molecule has 2 atom stereocenters. The van der Waals surface area contributed by atoms with Crippen molar-refractivity contribution in [2.45, 2.75) is 38.6 Å². The van der Waals surface area contributed by atoms with Gasteiger partial charge in [-0.15, -0.1) is 24.0 Å². The summed E-state index contributed by atoms with van der Waals surface area (Å²) >= 11 is 0. The van der Waals surface area contributed by atoms with E-state index in [-0.39, 0.29) is 29.9 Å². The molecule has 1 saturated heterocycles. The number of hydrogen-bond donors (Lipinski definition) is 1. The Morgan fingerprint density at radius 3 is 2.44 bits per heavy atom. The van der Waals surface area contributed by atoms with Crippen molar-refractivity contribution in [1.29, 1.82) is 0 Å². The van der Waals surface area contributed by atoms with E-state index < -0.39 is 0 Å². The lowest BCUT2D eigenvalue weighted by Gasteiger charge is -2.29. The number of fused-ring (bicyclic) bond motifs is 2. The van der Waals surface area contributed by atoms with Gasteiger partial charge in [0.15, 0.2) is 5.96 Å². The molecule has 0 spiro atoms. The number of likely N-dealkylation sites (tertiary alicyclic amines) is 1. The molecule has 0 bridgehead atoms. The maximum atomic E-state index is 12.7. The van der Waals surface area contributed by atoms with Crippen LogP contribution < -0.4 is 5.32 Å². The number of aliphatic imine (C=N–C) groups is 1. The summed E-state index contributed by atoms with van der Waals surface area (Å²) in [5.41, 5.74) is 2.65. The van der Waals surface area contributed by atoms with Gasteiger partial charge in [-0.3, -0.25) is 9.79 Å². The van der Waals surface area contributed by atoms with Crippen LogP contribution in [0, 0.1) is 11.8 Å². The van der Waals surface area contributed by atoms with Gasteiger partial charge in [0.25, 0.3) is 0 Å². The Kier molecular flexibility index (Phi) is 7.00. The number of nitrogens with one attached hydrogen (secondary N) is 1. The zero-order valence-electron chi connectivity index (χ0n) is 16.2. The second-order valence-electron chi connectivity index (χ2n) is 7.94. The minimum Gasteiger partial charge on any atom is -0.347 e. The maximum absolute atomic E-state index is 12.7. The third-order valence-corrected chi connectivity index (χ3v) is 6.37. The van der Waals surface area contributed by atoms with Crippen LogP contribution in [0.4, 0.5) is 0 Å². The Morgan fingerprint density at radius 2 is 1.78 bits per heavy atom. The minimum atomic E-state index is 0. The summed E-state index contributed by atoms with van der Waals surface area (Å²) in [5, 5.41) is 3.33. The molecule has 2 fully saturated rings. The van der Waals surface area contributed by atoms with Gasteiger partial charge in [-0.2, -0.15) is 0 Å². The number of nitrogens with zero attached hydrogens (tertiary/aromatic N) is 3. The normalized spacial score (nSPS) is 24.7. The van der Waals surface area contributed by atoms with Crippen LogP contribution in [0.5, 0.6) is 0 Å². The monoisotopic (exact) mass is 482 g/mol. The van der Waals surface area contributed by atoms with Crippen LogP contribution in [-0.4, -0.2) is 54.9 Å². The first-order valence-corrected chi connectivity index (χ1v) is 10.0. The second kappa shape index (κ2) is 9.26. The summed E-state index contributed by atoms with van der Waals surface area (Å²) in [7, 11) is 1.83. The first-order chi connectivity index (χ1) is 12.7. The number of rotatable bonds is 2. The van der Waals surface area contributed by atoms with Gasteiger partial charge in [-0.1, -0.05) is 37.1 Å². The van der Waals surface area contributed by atoms with Crippen molar-refractivity contribution in [2.24, 2.45) is 16.8 Å². The highest BCUT2D eigenvalue weighted by molar-refractivity contribution is 14.0. The molecule has 2 unspecified atom stereocenters. The Hall–Kier alpha value is -1.31. The molecule has 1 amide bonds. The van der Waals surface area contributed by atoms with Crippen molar-refractivity contribution < 1.29 is 4.79 Å². The van der Waals surface area contributed by atoms with E-state index in [1.807, 2.05) is 11.9 Å². The van der Waals surface area contributed by atoms with Crippen molar-refractivity contribution in [3.63, 3.8) is 0 Å². The SMILES string of the molecule is CN=C(NCC(=O)N1CCc2ccccc2C1)N1CC2CCCCC2C1.I. The zero-order chi connectivity index (χ0) is 17.9. The van der Waals surface area contributed by atoms with E-state index >= 15 is 0 Å². The largest absolute Gasteiger partial charge is 0.347 e. The van der Waals surface area contributed by atoms with E-state index in [1.165, 1.54) is 36.8 Å². The fourth-order valence-corrected chi connectivity index (χ4v) is 4.89. The van der Waals surface area contributed by atoms with E-state index in [2.05, 4.69) is 39.5 Å². The molecule has 0 radical (unpaired) electrons. The van der Waals surface area contributed by atoms with E-state index in [1.54, 1.807) is 0 Å². The van der Waals surface area contributed by atoms with Crippen molar-refractivity contribution in [3.05, 3.63) is 35.4 Å². The molecule has 27 heavy (non-hydrogen) atoms. The molecule has 6 heteroatoms. The summed E-state index contributed by atoms with van der Waals surface area (Å²) in [6.45, 7) is 4.05. The fraction of sp³-hybridized carbons (Fsp3) is 0.619. The molecule has 5 nitrogen and oxygen atoms in total. The Labute approximate surface area is 179 Å². The summed E-state index contributed by atoms with van der Waals surface area (Å²) < 4.78 is 0. The van der Waals surface area contributed by atoms with Crippen LogP contribution in [0.15, 0.2) is 29.3 Å².